The third kappa shape index (κ3) is 4.23. The van der Waals surface area contributed by atoms with Gasteiger partial charge in [0.2, 0.25) is 0 Å². The Kier molecular flexibility index (Phi) is 5.73. The van der Waals surface area contributed by atoms with Gasteiger partial charge in [-0.1, -0.05) is 30.6 Å². The molecule has 0 aliphatic heterocycles. The Morgan fingerprint density at radius 3 is 2.85 bits per heavy atom. The Bertz CT molecular complexity index is 1520. The highest BCUT2D eigenvalue weighted by molar-refractivity contribution is 6.13. The number of amides is 1. The highest BCUT2D eigenvalue weighted by atomic mass is 16.5. The van der Waals surface area contributed by atoms with Crippen LogP contribution in [0.3, 0.4) is 0 Å². The van der Waals surface area contributed by atoms with Crippen LogP contribution in [0.4, 0.5) is 5.69 Å². The number of aromatic nitrogens is 4. The summed E-state index contributed by atoms with van der Waals surface area (Å²) in [5.41, 5.74) is 2.95. The number of furan rings is 1. The van der Waals surface area contributed by atoms with Crippen LogP contribution in [0.15, 0.2) is 80.9 Å². The molecule has 5 aromatic rings. The van der Waals surface area contributed by atoms with E-state index in [2.05, 4.69) is 20.4 Å². The number of aryl methyl sites for hydroxylation is 1. The van der Waals surface area contributed by atoms with Crippen molar-refractivity contribution in [3.8, 4) is 11.5 Å². The summed E-state index contributed by atoms with van der Waals surface area (Å²) in [6, 6.07) is 14.2. The molecule has 1 amide bonds. The van der Waals surface area contributed by atoms with Crippen LogP contribution in [0.25, 0.3) is 22.6 Å². The number of pyridine rings is 1. The summed E-state index contributed by atoms with van der Waals surface area (Å²) in [5.74, 6) is 0.199. The zero-order valence-electron chi connectivity index (χ0n) is 18.4. The van der Waals surface area contributed by atoms with Crippen LogP contribution in [0.5, 0.6) is 0 Å². The van der Waals surface area contributed by atoms with Gasteiger partial charge in [0.1, 0.15) is 5.69 Å². The molecule has 0 bridgehead atoms. The summed E-state index contributed by atoms with van der Waals surface area (Å²) in [4.78, 5) is 33.6. The summed E-state index contributed by atoms with van der Waals surface area (Å²) in [6.07, 6.45) is 6.18. The van der Waals surface area contributed by atoms with Crippen LogP contribution in [-0.2, 0) is 13.0 Å². The minimum Gasteiger partial charge on any atom is -0.463 e. The van der Waals surface area contributed by atoms with E-state index in [0.717, 1.165) is 12.0 Å². The summed E-state index contributed by atoms with van der Waals surface area (Å²) in [5, 5.41) is 7.68. The zero-order chi connectivity index (χ0) is 23.5. The van der Waals surface area contributed by atoms with E-state index in [9.17, 15) is 9.59 Å². The van der Waals surface area contributed by atoms with E-state index >= 15 is 0 Å². The monoisotopic (exact) mass is 455 g/mol. The average Bonchev–Trinajstić information content (AvgIpc) is 3.51. The molecular weight excluding hydrogens is 434 g/mol. The first kappa shape index (κ1) is 21.3. The molecule has 0 saturated heterocycles. The molecule has 0 unspecified atom stereocenters. The Balaban J connectivity index is 1.49. The van der Waals surface area contributed by atoms with E-state index in [1.165, 1.54) is 10.8 Å². The number of fused-ring (bicyclic) bond motifs is 1. The van der Waals surface area contributed by atoms with E-state index in [1.807, 2.05) is 25.1 Å². The molecule has 170 valence electrons. The Labute approximate surface area is 194 Å². The first-order chi connectivity index (χ1) is 16.6. The van der Waals surface area contributed by atoms with Gasteiger partial charge in [0.25, 0.3) is 11.6 Å². The molecule has 0 fully saturated rings. The highest BCUT2D eigenvalue weighted by Gasteiger charge is 2.21. The summed E-state index contributed by atoms with van der Waals surface area (Å²) < 4.78 is 12.4. The number of nitrogens with one attached hydrogen (secondary N) is 1. The van der Waals surface area contributed by atoms with Crippen LogP contribution < -0.4 is 11.0 Å². The maximum Gasteiger partial charge on any atom is 0.347 e. The van der Waals surface area contributed by atoms with Crippen molar-refractivity contribution < 1.29 is 13.7 Å². The van der Waals surface area contributed by atoms with Gasteiger partial charge in [-0.25, -0.2) is 14.8 Å². The van der Waals surface area contributed by atoms with Gasteiger partial charge in [-0.15, -0.1) is 0 Å². The molecule has 0 aliphatic rings. The minimum absolute atomic E-state index is 0.284. The molecule has 0 aliphatic carbocycles. The molecule has 1 aromatic carbocycles. The van der Waals surface area contributed by atoms with Crippen LogP contribution in [0.1, 0.15) is 35.0 Å². The van der Waals surface area contributed by atoms with Crippen molar-refractivity contribution in [2.24, 2.45) is 0 Å². The lowest BCUT2D eigenvalue weighted by atomic mass is 10.1. The molecule has 34 heavy (non-hydrogen) atoms. The normalized spacial score (nSPS) is 11.1. The Hall–Kier alpha value is -4.53. The molecule has 5 rings (SSSR count). The van der Waals surface area contributed by atoms with Gasteiger partial charge in [0.05, 0.1) is 29.5 Å². The van der Waals surface area contributed by atoms with Gasteiger partial charge in [0.15, 0.2) is 5.76 Å². The molecule has 4 aromatic heterocycles. The number of carbonyl (C=O) groups excluding carboxylic acids is 1. The number of hydrogen-bond acceptors (Lipinski definition) is 7. The third-order valence-electron chi connectivity index (χ3n) is 5.34. The molecular formula is C25H21N5O4. The fourth-order valence-electron chi connectivity index (χ4n) is 3.80. The summed E-state index contributed by atoms with van der Waals surface area (Å²) in [6.45, 7) is 2.37. The van der Waals surface area contributed by atoms with Crippen molar-refractivity contribution in [2.75, 3.05) is 5.32 Å². The van der Waals surface area contributed by atoms with E-state index in [1.54, 1.807) is 42.8 Å². The minimum atomic E-state index is -0.336. The van der Waals surface area contributed by atoms with Crippen LogP contribution in [-0.4, -0.2) is 25.6 Å². The quantitative estimate of drug-likeness (QED) is 0.389. The third-order valence-corrected chi connectivity index (χ3v) is 5.34. The Morgan fingerprint density at radius 2 is 2.06 bits per heavy atom. The second-order valence-corrected chi connectivity index (χ2v) is 7.78. The number of anilines is 1. The van der Waals surface area contributed by atoms with Crippen LogP contribution in [0, 0.1) is 0 Å². The average molecular weight is 455 g/mol. The van der Waals surface area contributed by atoms with Gasteiger partial charge >= 0.3 is 5.69 Å². The molecule has 1 N–H and O–H groups in total. The number of nitrogens with zero attached hydrogens (tertiary/aromatic N) is 4. The number of carbonyl (C=O) groups is 1. The first-order valence-corrected chi connectivity index (χ1v) is 10.9. The molecule has 9 heteroatoms. The van der Waals surface area contributed by atoms with Gasteiger partial charge in [-0.05, 0) is 48.4 Å². The Morgan fingerprint density at radius 1 is 1.15 bits per heavy atom. The lowest BCUT2D eigenvalue weighted by Gasteiger charge is -2.10. The van der Waals surface area contributed by atoms with E-state index in [4.69, 9.17) is 8.94 Å². The molecule has 4 heterocycles. The van der Waals surface area contributed by atoms with Gasteiger partial charge in [-0.2, -0.15) is 0 Å². The molecule has 0 atom stereocenters. The lowest BCUT2D eigenvalue weighted by molar-refractivity contribution is 0.102. The van der Waals surface area contributed by atoms with Crippen molar-refractivity contribution in [1.29, 1.82) is 0 Å². The maximum atomic E-state index is 13.4. The predicted octanol–water partition coefficient (Wildman–Crippen LogP) is 4.29. The molecule has 0 saturated carbocycles. The van der Waals surface area contributed by atoms with Crippen molar-refractivity contribution in [3.63, 3.8) is 0 Å². The van der Waals surface area contributed by atoms with E-state index in [0.29, 0.717) is 46.8 Å². The van der Waals surface area contributed by atoms with E-state index < -0.39 is 0 Å². The smallest absolute Gasteiger partial charge is 0.347 e. The van der Waals surface area contributed by atoms with Crippen molar-refractivity contribution >= 4 is 22.7 Å². The predicted molar refractivity (Wildman–Crippen MR) is 125 cm³/mol. The lowest BCUT2D eigenvalue weighted by Crippen LogP contribution is -2.22. The summed E-state index contributed by atoms with van der Waals surface area (Å²) in [7, 11) is 0. The maximum absolute atomic E-state index is 13.4. The fourth-order valence-corrected chi connectivity index (χ4v) is 3.80. The van der Waals surface area contributed by atoms with Gasteiger partial charge in [0, 0.05) is 18.1 Å². The topological polar surface area (TPSA) is 116 Å². The van der Waals surface area contributed by atoms with Crippen LogP contribution >= 0.6 is 0 Å². The highest BCUT2D eigenvalue weighted by Crippen LogP contribution is 2.29. The van der Waals surface area contributed by atoms with Crippen molar-refractivity contribution in [1.82, 2.24) is 19.7 Å². The summed E-state index contributed by atoms with van der Waals surface area (Å²) >= 11 is 0. The number of benzene rings is 1. The fraction of sp³-hybridized carbons (Fsp3) is 0.160. The second-order valence-electron chi connectivity index (χ2n) is 7.78. The van der Waals surface area contributed by atoms with Crippen LogP contribution in [0.2, 0.25) is 0 Å². The van der Waals surface area contributed by atoms with Crippen molar-refractivity contribution in [2.45, 2.75) is 26.3 Å². The molecule has 0 radical (unpaired) electrons. The van der Waals surface area contributed by atoms with Gasteiger partial charge < -0.3 is 14.3 Å². The largest absolute Gasteiger partial charge is 0.463 e. The molecule has 9 nitrogen and oxygen atoms in total. The SMILES string of the molecule is CCCc1noc2nc(-c3ccco3)cc(C(=O)Nc3cccc(Cn4cccnc4=O)c3)c12. The number of rotatable bonds is 7. The van der Waals surface area contributed by atoms with Crippen molar-refractivity contribution in [3.05, 3.63) is 94.5 Å². The zero-order valence-corrected chi connectivity index (χ0v) is 18.4. The molecule has 0 spiro atoms. The van der Waals surface area contributed by atoms with Gasteiger partial charge in [-0.3, -0.25) is 9.36 Å². The first-order valence-electron chi connectivity index (χ1n) is 10.9. The number of hydrogen-bond donors (Lipinski definition) is 1. The standard InChI is InChI=1S/C25H21N5O4/c1-2-6-19-22-18(14-20(21-9-4-12-33-21)28-24(22)34-29-19)23(31)27-17-8-3-7-16(13-17)15-30-11-5-10-26-25(30)32/h3-5,7-14H,2,6,15H2,1H3,(H,27,31). The van der Waals surface area contributed by atoms with E-state index in [-0.39, 0.29) is 17.3 Å². The second kappa shape index (κ2) is 9.14.